The van der Waals surface area contributed by atoms with Crippen LogP contribution < -0.4 is 10.9 Å². The SMILES string of the molecule is Cc1ccc(Br)cc1NC(=O)c1ccn(C)c(=O)c1. The van der Waals surface area contributed by atoms with Gasteiger partial charge in [-0.25, -0.2) is 0 Å². The van der Waals surface area contributed by atoms with Gasteiger partial charge < -0.3 is 9.88 Å². The summed E-state index contributed by atoms with van der Waals surface area (Å²) in [7, 11) is 1.64. The first-order valence-corrected chi connectivity index (χ1v) is 6.51. The van der Waals surface area contributed by atoms with Crippen molar-refractivity contribution in [1.29, 1.82) is 0 Å². The van der Waals surface area contributed by atoms with Crippen LogP contribution in [0.15, 0.2) is 45.8 Å². The Bertz CT molecular complexity index is 692. The molecule has 0 unspecified atom stereocenters. The molecule has 0 aliphatic heterocycles. The molecule has 0 aliphatic carbocycles. The fourth-order valence-corrected chi connectivity index (χ4v) is 1.97. The molecule has 19 heavy (non-hydrogen) atoms. The lowest BCUT2D eigenvalue weighted by atomic mass is 10.2. The summed E-state index contributed by atoms with van der Waals surface area (Å²) in [5.41, 5.74) is 1.82. The van der Waals surface area contributed by atoms with Crippen LogP contribution in [0, 0.1) is 6.92 Å². The summed E-state index contributed by atoms with van der Waals surface area (Å²) in [5.74, 6) is -0.293. The number of benzene rings is 1. The average molecular weight is 321 g/mol. The van der Waals surface area contributed by atoms with Gasteiger partial charge in [0.1, 0.15) is 0 Å². The van der Waals surface area contributed by atoms with Gasteiger partial charge in [-0.2, -0.15) is 0 Å². The quantitative estimate of drug-likeness (QED) is 0.925. The number of hydrogen-bond acceptors (Lipinski definition) is 2. The lowest BCUT2D eigenvalue weighted by Crippen LogP contribution is -2.20. The summed E-state index contributed by atoms with van der Waals surface area (Å²) in [5, 5.41) is 2.80. The highest BCUT2D eigenvalue weighted by molar-refractivity contribution is 9.10. The van der Waals surface area contributed by atoms with Crippen LogP contribution in [-0.4, -0.2) is 10.5 Å². The Labute approximate surface area is 119 Å². The van der Waals surface area contributed by atoms with Crippen LogP contribution in [0.25, 0.3) is 0 Å². The van der Waals surface area contributed by atoms with Gasteiger partial charge in [-0.15, -0.1) is 0 Å². The van der Waals surface area contributed by atoms with Gasteiger partial charge in [0.15, 0.2) is 0 Å². The van der Waals surface area contributed by atoms with Gasteiger partial charge in [0.05, 0.1) is 0 Å². The molecule has 2 aromatic rings. The molecule has 5 heteroatoms. The van der Waals surface area contributed by atoms with Gasteiger partial charge in [0, 0.05) is 35.0 Å². The summed E-state index contributed by atoms with van der Waals surface area (Å²) in [6, 6.07) is 8.58. The van der Waals surface area contributed by atoms with E-state index in [-0.39, 0.29) is 11.5 Å². The maximum atomic E-state index is 12.1. The Morgan fingerprint density at radius 3 is 2.68 bits per heavy atom. The topological polar surface area (TPSA) is 51.1 Å². The number of rotatable bonds is 2. The number of anilines is 1. The fourth-order valence-electron chi connectivity index (χ4n) is 1.61. The molecule has 0 saturated carbocycles. The molecule has 1 aromatic heterocycles. The Balaban J connectivity index is 2.28. The van der Waals surface area contributed by atoms with E-state index in [2.05, 4.69) is 21.2 Å². The van der Waals surface area contributed by atoms with Gasteiger partial charge in [-0.05, 0) is 30.7 Å². The lowest BCUT2D eigenvalue weighted by Gasteiger charge is -2.09. The molecular formula is C14H13BrN2O2. The van der Waals surface area contributed by atoms with E-state index in [4.69, 9.17) is 0 Å². The number of carbonyl (C=O) groups is 1. The third-order valence-electron chi connectivity index (χ3n) is 2.81. The zero-order valence-electron chi connectivity index (χ0n) is 10.6. The summed E-state index contributed by atoms with van der Waals surface area (Å²) in [4.78, 5) is 23.6. The highest BCUT2D eigenvalue weighted by Crippen LogP contribution is 2.21. The number of nitrogens with zero attached hydrogens (tertiary/aromatic N) is 1. The van der Waals surface area contributed by atoms with E-state index in [1.807, 2.05) is 25.1 Å². The molecule has 1 N–H and O–H groups in total. The monoisotopic (exact) mass is 320 g/mol. The summed E-state index contributed by atoms with van der Waals surface area (Å²) < 4.78 is 2.30. The first-order valence-electron chi connectivity index (χ1n) is 5.71. The molecule has 2 rings (SSSR count). The minimum absolute atomic E-state index is 0.210. The molecule has 1 heterocycles. The maximum absolute atomic E-state index is 12.1. The molecule has 98 valence electrons. The van der Waals surface area contributed by atoms with Crippen LogP contribution in [0.4, 0.5) is 5.69 Å². The predicted octanol–water partition coefficient (Wildman–Crippen LogP) is 2.71. The standard InChI is InChI=1S/C14H13BrN2O2/c1-9-3-4-11(15)8-12(9)16-14(19)10-5-6-17(2)13(18)7-10/h3-8H,1-2H3,(H,16,19). The van der Waals surface area contributed by atoms with Crippen molar-refractivity contribution in [1.82, 2.24) is 4.57 Å². The van der Waals surface area contributed by atoms with Crippen LogP contribution in [0.2, 0.25) is 0 Å². The van der Waals surface area contributed by atoms with E-state index in [1.54, 1.807) is 19.3 Å². The molecule has 0 bridgehead atoms. The van der Waals surface area contributed by atoms with Crippen molar-refractivity contribution >= 4 is 27.5 Å². The first kappa shape index (κ1) is 13.5. The van der Waals surface area contributed by atoms with Crippen molar-refractivity contribution < 1.29 is 4.79 Å². The zero-order chi connectivity index (χ0) is 14.0. The average Bonchev–Trinajstić information content (AvgIpc) is 2.37. The number of amides is 1. The van der Waals surface area contributed by atoms with E-state index in [0.29, 0.717) is 5.56 Å². The molecule has 0 radical (unpaired) electrons. The Morgan fingerprint density at radius 1 is 1.26 bits per heavy atom. The van der Waals surface area contributed by atoms with Gasteiger partial charge >= 0.3 is 0 Å². The van der Waals surface area contributed by atoms with E-state index in [9.17, 15) is 9.59 Å². The second-order valence-corrected chi connectivity index (χ2v) is 5.19. The highest BCUT2D eigenvalue weighted by atomic mass is 79.9. The summed E-state index contributed by atoms with van der Waals surface area (Å²) in [6.07, 6.45) is 1.57. The molecule has 0 spiro atoms. The number of carbonyl (C=O) groups excluding carboxylic acids is 1. The van der Waals surface area contributed by atoms with Crippen molar-refractivity contribution in [3.63, 3.8) is 0 Å². The van der Waals surface area contributed by atoms with Crippen LogP contribution in [0.5, 0.6) is 0 Å². The number of aromatic nitrogens is 1. The molecule has 1 aromatic carbocycles. The number of nitrogens with one attached hydrogen (secondary N) is 1. The number of pyridine rings is 1. The van der Waals surface area contributed by atoms with E-state index in [1.165, 1.54) is 10.6 Å². The van der Waals surface area contributed by atoms with Crippen LogP contribution >= 0.6 is 15.9 Å². The van der Waals surface area contributed by atoms with E-state index in [0.717, 1.165) is 15.7 Å². The molecule has 0 saturated heterocycles. The zero-order valence-corrected chi connectivity index (χ0v) is 12.2. The fraction of sp³-hybridized carbons (Fsp3) is 0.143. The van der Waals surface area contributed by atoms with Crippen LogP contribution in [-0.2, 0) is 7.05 Å². The molecule has 0 fully saturated rings. The van der Waals surface area contributed by atoms with Crippen molar-refractivity contribution in [2.24, 2.45) is 7.05 Å². The van der Waals surface area contributed by atoms with Crippen LogP contribution in [0.1, 0.15) is 15.9 Å². The van der Waals surface area contributed by atoms with E-state index < -0.39 is 0 Å². The number of hydrogen-bond donors (Lipinski definition) is 1. The van der Waals surface area contributed by atoms with Crippen molar-refractivity contribution in [3.05, 3.63) is 62.5 Å². The largest absolute Gasteiger partial charge is 0.322 e. The van der Waals surface area contributed by atoms with Gasteiger partial charge in [0.25, 0.3) is 11.5 Å². The third-order valence-corrected chi connectivity index (χ3v) is 3.31. The van der Waals surface area contributed by atoms with Gasteiger partial charge in [-0.1, -0.05) is 22.0 Å². The first-order chi connectivity index (χ1) is 8.97. The Morgan fingerprint density at radius 2 is 2.00 bits per heavy atom. The molecule has 1 amide bonds. The normalized spacial score (nSPS) is 10.3. The molecule has 0 atom stereocenters. The summed E-state index contributed by atoms with van der Waals surface area (Å²) in [6.45, 7) is 1.91. The second kappa shape index (κ2) is 5.40. The smallest absolute Gasteiger partial charge is 0.255 e. The van der Waals surface area contributed by atoms with Gasteiger partial charge in [0.2, 0.25) is 0 Å². The van der Waals surface area contributed by atoms with E-state index >= 15 is 0 Å². The molecule has 0 aliphatic rings. The van der Waals surface area contributed by atoms with Crippen molar-refractivity contribution in [2.45, 2.75) is 6.92 Å². The maximum Gasteiger partial charge on any atom is 0.255 e. The Kier molecular flexibility index (Phi) is 3.85. The highest BCUT2D eigenvalue weighted by Gasteiger charge is 2.09. The lowest BCUT2D eigenvalue weighted by molar-refractivity contribution is 0.102. The van der Waals surface area contributed by atoms with Crippen molar-refractivity contribution in [3.8, 4) is 0 Å². The molecular weight excluding hydrogens is 308 g/mol. The molecule has 4 nitrogen and oxygen atoms in total. The number of aryl methyl sites for hydroxylation is 2. The third kappa shape index (κ3) is 3.12. The second-order valence-electron chi connectivity index (χ2n) is 4.28. The van der Waals surface area contributed by atoms with Gasteiger partial charge in [-0.3, -0.25) is 9.59 Å². The van der Waals surface area contributed by atoms with Crippen molar-refractivity contribution in [2.75, 3.05) is 5.32 Å². The van der Waals surface area contributed by atoms with Crippen LogP contribution in [0.3, 0.4) is 0 Å². The Hall–Kier alpha value is -1.88. The predicted molar refractivity (Wildman–Crippen MR) is 78.5 cm³/mol. The minimum atomic E-state index is -0.293. The number of halogens is 1. The minimum Gasteiger partial charge on any atom is -0.322 e. The summed E-state index contributed by atoms with van der Waals surface area (Å²) >= 11 is 3.36.